The number of aliphatic carboxylic acids is 1. The Morgan fingerprint density at radius 1 is 0.968 bits per heavy atom. The molecule has 0 saturated heterocycles. The Bertz CT molecular complexity index is 1090. The highest BCUT2D eigenvalue weighted by Gasteiger charge is 2.25. The Labute approximate surface area is 182 Å². The Morgan fingerprint density at radius 3 is 2.48 bits per heavy atom. The van der Waals surface area contributed by atoms with Crippen molar-refractivity contribution in [2.45, 2.75) is 25.3 Å². The third-order valence-corrected chi connectivity index (χ3v) is 5.48. The van der Waals surface area contributed by atoms with Gasteiger partial charge < -0.3 is 15.2 Å². The summed E-state index contributed by atoms with van der Waals surface area (Å²) < 4.78 is 5.08. The van der Waals surface area contributed by atoms with Crippen molar-refractivity contribution in [3.05, 3.63) is 70.4 Å². The molecule has 1 aromatic heterocycles. The number of rotatable bonds is 10. The van der Waals surface area contributed by atoms with Gasteiger partial charge in [0.25, 0.3) is 0 Å². The summed E-state index contributed by atoms with van der Waals surface area (Å²) >= 11 is 1.38. The Morgan fingerprint density at radius 2 is 1.74 bits per heavy atom. The van der Waals surface area contributed by atoms with Crippen LogP contribution in [0.15, 0.2) is 60.0 Å². The lowest BCUT2D eigenvalue weighted by molar-refractivity contribution is -0.148. The molecular weight excluding hydrogens is 418 g/mol. The van der Waals surface area contributed by atoms with E-state index in [4.69, 9.17) is 9.84 Å². The lowest BCUT2D eigenvalue weighted by atomic mass is 10.0. The highest BCUT2D eigenvalue weighted by molar-refractivity contribution is 7.10. The van der Waals surface area contributed by atoms with Gasteiger partial charge in [0.15, 0.2) is 12.4 Å². The summed E-state index contributed by atoms with van der Waals surface area (Å²) in [5.74, 6) is -2.99. The number of ketones is 1. The predicted octanol–water partition coefficient (Wildman–Crippen LogP) is 2.76. The Balaban J connectivity index is 1.57. The molecule has 160 valence electrons. The summed E-state index contributed by atoms with van der Waals surface area (Å²) in [6.45, 7) is -0.610. The van der Waals surface area contributed by atoms with Crippen LogP contribution in [-0.4, -0.2) is 41.4 Å². The molecule has 3 rings (SSSR count). The van der Waals surface area contributed by atoms with E-state index in [2.05, 4.69) is 5.32 Å². The van der Waals surface area contributed by atoms with Crippen LogP contribution < -0.4 is 5.32 Å². The minimum atomic E-state index is -1.27. The first kappa shape index (κ1) is 22.2. The van der Waals surface area contributed by atoms with E-state index in [-0.39, 0.29) is 12.8 Å². The second-order valence-electron chi connectivity index (χ2n) is 6.92. The fraction of sp³-hybridized carbons (Fsp3) is 0.217. The van der Waals surface area contributed by atoms with E-state index in [9.17, 15) is 19.2 Å². The van der Waals surface area contributed by atoms with Crippen molar-refractivity contribution in [3.8, 4) is 0 Å². The van der Waals surface area contributed by atoms with Gasteiger partial charge in [-0.2, -0.15) is 0 Å². The van der Waals surface area contributed by atoms with Crippen molar-refractivity contribution < 1.29 is 29.0 Å². The molecular formula is C23H21NO6S. The molecule has 1 amide bonds. The lowest BCUT2D eigenvalue weighted by Crippen LogP contribution is -2.44. The summed E-state index contributed by atoms with van der Waals surface area (Å²) in [7, 11) is 0. The number of carboxylic acids is 1. The van der Waals surface area contributed by atoms with Gasteiger partial charge in [0, 0.05) is 4.88 Å². The number of benzene rings is 2. The van der Waals surface area contributed by atoms with Crippen molar-refractivity contribution in [3.63, 3.8) is 0 Å². The zero-order chi connectivity index (χ0) is 22.2. The molecule has 0 bridgehead atoms. The van der Waals surface area contributed by atoms with Gasteiger partial charge in [-0.25, -0.2) is 0 Å². The molecule has 0 aliphatic carbocycles. The van der Waals surface area contributed by atoms with Crippen LogP contribution in [0.5, 0.6) is 0 Å². The molecule has 8 heteroatoms. The molecule has 1 atom stereocenters. The number of ether oxygens (including phenoxy) is 1. The number of thiophene rings is 1. The van der Waals surface area contributed by atoms with Crippen LogP contribution in [0.1, 0.15) is 16.9 Å². The van der Waals surface area contributed by atoms with Crippen LogP contribution in [0.4, 0.5) is 0 Å². The molecule has 31 heavy (non-hydrogen) atoms. The quantitative estimate of drug-likeness (QED) is 0.470. The summed E-state index contributed by atoms with van der Waals surface area (Å²) in [6.07, 6.45) is -0.569. The smallest absolute Gasteiger partial charge is 0.310 e. The number of carboxylic acid groups (broad SMARTS) is 1. The standard InChI is InChI=1S/C23H21NO6S/c25-20(19(13-22(27)28)24-21(26)12-17-8-4-10-31-17)14-30-23(29)11-16-7-3-6-15-5-1-2-9-18(15)16/h1-10,19H,11-14H2,(H,24,26)(H,27,28)/t19-/m0/s1. The minimum absolute atomic E-state index is 0.0248. The second kappa shape index (κ2) is 10.5. The largest absolute Gasteiger partial charge is 0.481 e. The summed E-state index contributed by atoms with van der Waals surface area (Å²) in [6, 6.07) is 15.5. The fourth-order valence-corrected chi connectivity index (χ4v) is 3.85. The molecule has 0 spiro atoms. The number of hydrogen-bond donors (Lipinski definition) is 2. The van der Waals surface area contributed by atoms with Gasteiger partial charge in [-0.1, -0.05) is 48.5 Å². The van der Waals surface area contributed by atoms with Gasteiger partial charge in [-0.3, -0.25) is 19.2 Å². The summed E-state index contributed by atoms with van der Waals surface area (Å²) in [4.78, 5) is 48.7. The van der Waals surface area contributed by atoms with E-state index in [1.165, 1.54) is 11.3 Å². The minimum Gasteiger partial charge on any atom is -0.481 e. The fourth-order valence-electron chi connectivity index (χ4n) is 3.14. The number of carbonyl (C=O) groups excluding carboxylic acids is 3. The van der Waals surface area contributed by atoms with E-state index in [1.54, 1.807) is 12.1 Å². The normalized spacial score (nSPS) is 11.6. The third-order valence-electron chi connectivity index (χ3n) is 4.61. The Hall–Kier alpha value is -3.52. The molecule has 7 nitrogen and oxygen atoms in total. The van der Waals surface area contributed by atoms with Crippen molar-refractivity contribution in [1.82, 2.24) is 5.32 Å². The highest BCUT2D eigenvalue weighted by atomic mass is 32.1. The van der Waals surface area contributed by atoms with E-state index in [1.807, 2.05) is 47.8 Å². The molecule has 0 saturated carbocycles. The number of hydrogen-bond acceptors (Lipinski definition) is 6. The van der Waals surface area contributed by atoms with Crippen LogP contribution in [0, 0.1) is 0 Å². The molecule has 1 heterocycles. The van der Waals surface area contributed by atoms with Crippen LogP contribution in [0.25, 0.3) is 10.8 Å². The average Bonchev–Trinajstić information content (AvgIpc) is 3.24. The first-order valence-electron chi connectivity index (χ1n) is 9.61. The van der Waals surface area contributed by atoms with E-state index in [0.717, 1.165) is 21.2 Å². The lowest BCUT2D eigenvalue weighted by Gasteiger charge is -2.16. The second-order valence-corrected chi connectivity index (χ2v) is 7.95. The molecule has 0 aliphatic heterocycles. The van der Waals surface area contributed by atoms with Crippen LogP contribution >= 0.6 is 11.3 Å². The predicted molar refractivity (Wildman–Crippen MR) is 116 cm³/mol. The number of carbonyl (C=O) groups is 4. The molecule has 0 fully saturated rings. The first-order valence-corrected chi connectivity index (χ1v) is 10.5. The number of fused-ring (bicyclic) bond motifs is 1. The van der Waals surface area contributed by atoms with Crippen LogP contribution in [0.2, 0.25) is 0 Å². The van der Waals surface area contributed by atoms with E-state index >= 15 is 0 Å². The number of Topliss-reactive ketones (excluding diaryl/α,β-unsaturated/α-hetero) is 1. The van der Waals surface area contributed by atoms with Gasteiger partial charge in [0.05, 0.1) is 19.3 Å². The Kier molecular flexibility index (Phi) is 7.50. The van der Waals surface area contributed by atoms with E-state index < -0.39 is 42.7 Å². The van der Waals surface area contributed by atoms with Gasteiger partial charge >= 0.3 is 11.9 Å². The molecule has 3 aromatic rings. The molecule has 2 aromatic carbocycles. The molecule has 2 N–H and O–H groups in total. The summed E-state index contributed by atoms with van der Waals surface area (Å²) in [5, 5.41) is 15.2. The van der Waals surface area contributed by atoms with Gasteiger partial charge in [-0.15, -0.1) is 11.3 Å². The van der Waals surface area contributed by atoms with E-state index in [0.29, 0.717) is 0 Å². The van der Waals surface area contributed by atoms with Crippen molar-refractivity contribution in [2.24, 2.45) is 0 Å². The molecule has 0 radical (unpaired) electrons. The zero-order valence-electron chi connectivity index (χ0n) is 16.6. The van der Waals surface area contributed by atoms with Crippen LogP contribution in [-0.2, 0) is 36.8 Å². The monoisotopic (exact) mass is 439 g/mol. The zero-order valence-corrected chi connectivity index (χ0v) is 17.4. The maximum atomic E-state index is 12.4. The number of nitrogens with one attached hydrogen (secondary N) is 1. The molecule has 0 aliphatic rings. The average molecular weight is 439 g/mol. The van der Waals surface area contributed by atoms with Crippen molar-refractivity contribution >= 4 is 45.7 Å². The first-order chi connectivity index (χ1) is 14.9. The number of amides is 1. The highest BCUT2D eigenvalue weighted by Crippen LogP contribution is 2.19. The van der Waals surface area contributed by atoms with Crippen LogP contribution in [0.3, 0.4) is 0 Å². The number of esters is 1. The van der Waals surface area contributed by atoms with Gasteiger partial charge in [-0.05, 0) is 27.8 Å². The van der Waals surface area contributed by atoms with Gasteiger partial charge in [0.2, 0.25) is 5.91 Å². The maximum absolute atomic E-state index is 12.4. The summed E-state index contributed by atoms with van der Waals surface area (Å²) in [5.41, 5.74) is 0.766. The topological polar surface area (TPSA) is 110 Å². The van der Waals surface area contributed by atoms with Crippen molar-refractivity contribution in [2.75, 3.05) is 6.61 Å². The van der Waals surface area contributed by atoms with Crippen molar-refractivity contribution in [1.29, 1.82) is 0 Å². The third kappa shape index (κ3) is 6.48. The van der Waals surface area contributed by atoms with Gasteiger partial charge in [0.1, 0.15) is 6.04 Å². The maximum Gasteiger partial charge on any atom is 0.310 e. The molecule has 0 unspecified atom stereocenters. The SMILES string of the molecule is O=C(O)C[C@H](NC(=O)Cc1cccs1)C(=O)COC(=O)Cc1cccc2ccccc12.